The van der Waals surface area contributed by atoms with Gasteiger partial charge >= 0.3 is 5.97 Å². The van der Waals surface area contributed by atoms with E-state index in [0.717, 1.165) is 23.5 Å². The number of carboxylic acid groups (broad SMARTS) is 1. The highest BCUT2D eigenvalue weighted by Crippen LogP contribution is 2.25. The van der Waals surface area contributed by atoms with Crippen molar-refractivity contribution in [3.05, 3.63) is 53.3 Å². The normalized spacial score (nSPS) is 17.5. The summed E-state index contributed by atoms with van der Waals surface area (Å²) in [6, 6.07) is 11.0. The van der Waals surface area contributed by atoms with Crippen LogP contribution in [-0.4, -0.2) is 39.0 Å². The molecule has 1 amide bonds. The lowest BCUT2D eigenvalue weighted by molar-refractivity contribution is -0.141. The van der Waals surface area contributed by atoms with E-state index in [1.54, 1.807) is 0 Å². The van der Waals surface area contributed by atoms with Gasteiger partial charge in [-0.15, -0.1) is 0 Å². The lowest BCUT2D eigenvalue weighted by atomic mass is 10.2. The number of aliphatic carboxylic acids is 1. The van der Waals surface area contributed by atoms with Crippen molar-refractivity contribution in [2.24, 2.45) is 0 Å². The first-order valence-electron chi connectivity index (χ1n) is 7.79. The van der Waals surface area contributed by atoms with E-state index >= 15 is 0 Å². The number of carbonyl (C=O) groups excluding carboxylic acids is 1. The maximum Gasteiger partial charge on any atom is 0.326 e. The van der Waals surface area contributed by atoms with Crippen LogP contribution in [0.25, 0.3) is 5.69 Å². The number of hydrogen-bond donors (Lipinski definition) is 1. The van der Waals surface area contributed by atoms with E-state index in [0.29, 0.717) is 18.5 Å². The molecule has 0 aliphatic carbocycles. The number of nitrogens with zero attached hydrogens (tertiary/aromatic N) is 2. The minimum absolute atomic E-state index is 0.190. The lowest BCUT2D eigenvalue weighted by Crippen LogP contribution is -2.40. The number of aromatic nitrogens is 1. The Hall–Kier alpha value is -2.56. The average Bonchev–Trinajstić information content (AvgIpc) is 3.12. The Balaban J connectivity index is 1.98. The van der Waals surface area contributed by atoms with Crippen LogP contribution in [-0.2, 0) is 4.79 Å². The summed E-state index contributed by atoms with van der Waals surface area (Å²) in [5, 5.41) is 9.29. The second kappa shape index (κ2) is 5.91. The number of carbonyl (C=O) groups is 2. The maximum absolute atomic E-state index is 12.8. The van der Waals surface area contributed by atoms with E-state index in [1.165, 1.54) is 4.90 Å². The van der Waals surface area contributed by atoms with Crippen LogP contribution in [0.1, 0.15) is 34.6 Å². The molecule has 1 saturated heterocycles. The summed E-state index contributed by atoms with van der Waals surface area (Å²) in [7, 11) is 0. The summed E-state index contributed by atoms with van der Waals surface area (Å²) in [5.74, 6) is -1.11. The molecule has 2 heterocycles. The van der Waals surface area contributed by atoms with Gasteiger partial charge in [0.15, 0.2) is 0 Å². The third kappa shape index (κ3) is 2.63. The highest BCUT2D eigenvalue weighted by atomic mass is 16.4. The Bertz CT molecular complexity index is 749. The molecule has 0 saturated carbocycles. The molecule has 1 N–H and O–H groups in total. The van der Waals surface area contributed by atoms with Crippen molar-refractivity contribution in [1.29, 1.82) is 0 Å². The first kappa shape index (κ1) is 15.3. The first-order valence-corrected chi connectivity index (χ1v) is 7.79. The molecule has 0 bridgehead atoms. The van der Waals surface area contributed by atoms with Crippen molar-refractivity contribution >= 4 is 11.9 Å². The fourth-order valence-corrected chi connectivity index (χ4v) is 3.37. The van der Waals surface area contributed by atoms with Gasteiger partial charge in [-0.3, -0.25) is 4.79 Å². The number of carboxylic acids is 1. The van der Waals surface area contributed by atoms with Gasteiger partial charge in [0.05, 0.1) is 5.56 Å². The van der Waals surface area contributed by atoms with E-state index in [2.05, 4.69) is 0 Å². The van der Waals surface area contributed by atoms with Gasteiger partial charge in [-0.1, -0.05) is 18.2 Å². The summed E-state index contributed by atoms with van der Waals surface area (Å²) in [6.07, 6.45) is 1.26. The van der Waals surface area contributed by atoms with Crippen molar-refractivity contribution in [2.75, 3.05) is 6.54 Å². The van der Waals surface area contributed by atoms with Crippen molar-refractivity contribution in [1.82, 2.24) is 9.47 Å². The van der Waals surface area contributed by atoms with Crippen molar-refractivity contribution in [3.63, 3.8) is 0 Å². The third-order valence-electron chi connectivity index (χ3n) is 4.47. The number of para-hydroxylation sites is 1. The zero-order chi connectivity index (χ0) is 16.6. The minimum Gasteiger partial charge on any atom is -0.480 e. The molecule has 3 rings (SSSR count). The van der Waals surface area contributed by atoms with Crippen LogP contribution >= 0.6 is 0 Å². The van der Waals surface area contributed by atoms with Crippen LogP contribution in [0.15, 0.2) is 36.4 Å². The van der Waals surface area contributed by atoms with E-state index < -0.39 is 12.0 Å². The Morgan fingerprint density at radius 3 is 2.52 bits per heavy atom. The summed E-state index contributed by atoms with van der Waals surface area (Å²) < 4.78 is 2.03. The Morgan fingerprint density at radius 1 is 1.17 bits per heavy atom. The highest BCUT2D eigenvalue weighted by Gasteiger charge is 2.35. The fraction of sp³-hybridized carbons (Fsp3) is 0.333. The molecule has 1 aliphatic rings. The fourth-order valence-electron chi connectivity index (χ4n) is 3.37. The average molecular weight is 312 g/mol. The Kier molecular flexibility index (Phi) is 3.94. The molecule has 5 nitrogen and oxygen atoms in total. The van der Waals surface area contributed by atoms with Crippen LogP contribution in [0.4, 0.5) is 0 Å². The molecule has 2 aromatic rings. The molecule has 1 aromatic heterocycles. The number of likely N-dealkylation sites (tertiary alicyclic amines) is 1. The van der Waals surface area contributed by atoms with Crippen molar-refractivity contribution in [3.8, 4) is 5.69 Å². The van der Waals surface area contributed by atoms with Gasteiger partial charge in [0.25, 0.3) is 5.91 Å². The van der Waals surface area contributed by atoms with Crippen molar-refractivity contribution in [2.45, 2.75) is 32.7 Å². The Morgan fingerprint density at radius 2 is 1.87 bits per heavy atom. The molecule has 1 atom stereocenters. The van der Waals surface area contributed by atoms with Gasteiger partial charge in [-0.05, 0) is 44.9 Å². The molecule has 120 valence electrons. The molecule has 1 fully saturated rings. The molecule has 23 heavy (non-hydrogen) atoms. The van der Waals surface area contributed by atoms with Crippen LogP contribution in [0.3, 0.4) is 0 Å². The number of rotatable bonds is 3. The minimum atomic E-state index is -0.923. The topological polar surface area (TPSA) is 62.5 Å². The van der Waals surface area contributed by atoms with Crippen LogP contribution < -0.4 is 0 Å². The predicted octanol–water partition coefficient (Wildman–Crippen LogP) is 2.78. The molecule has 0 spiro atoms. The standard InChI is InChI=1S/C18H20N2O3/c1-12-11-15(13(2)20(12)14-7-4-3-5-8-14)17(21)19-10-6-9-16(19)18(22)23/h3-5,7-8,11,16H,6,9-10H2,1-2H3,(H,22,23). The van der Waals surface area contributed by atoms with Crippen LogP contribution in [0.2, 0.25) is 0 Å². The lowest BCUT2D eigenvalue weighted by Gasteiger charge is -2.21. The van der Waals surface area contributed by atoms with Crippen molar-refractivity contribution < 1.29 is 14.7 Å². The van der Waals surface area contributed by atoms with Gasteiger partial charge in [-0.25, -0.2) is 4.79 Å². The maximum atomic E-state index is 12.8. The van der Waals surface area contributed by atoms with Gasteiger partial charge in [0.1, 0.15) is 6.04 Å². The third-order valence-corrected chi connectivity index (χ3v) is 4.47. The molecular weight excluding hydrogens is 292 g/mol. The molecule has 1 aliphatic heterocycles. The molecule has 1 unspecified atom stereocenters. The summed E-state index contributed by atoms with van der Waals surface area (Å²) in [4.78, 5) is 25.6. The number of amides is 1. The van der Waals surface area contributed by atoms with Gasteiger partial charge in [0.2, 0.25) is 0 Å². The Labute approximate surface area is 135 Å². The summed E-state index contributed by atoms with van der Waals surface area (Å²) >= 11 is 0. The quantitative estimate of drug-likeness (QED) is 0.948. The van der Waals surface area contributed by atoms with E-state index in [-0.39, 0.29) is 5.91 Å². The molecule has 1 aromatic carbocycles. The monoisotopic (exact) mass is 312 g/mol. The van der Waals surface area contributed by atoms with E-state index in [9.17, 15) is 14.7 Å². The number of aryl methyl sites for hydroxylation is 1. The molecule has 0 radical (unpaired) electrons. The smallest absolute Gasteiger partial charge is 0.326 e. The van der Waals surface area contributed by atoms with E-state index in [4.69, 9.17) is 0 Å². The van der Waals surface area contributed by atoms with Gasteiger partial charge < -0.3 is 14.6 Å². The summed E-state index contributed by atoms with van der Waals surface area (Å²) in [6.45, 7) is 4.36. The predicted molar refractivity (Wildman–Crippen MR) is 86.9 cm³/mol. The van der Waals surface area contributed by atoms with E-state index in [1.807, 2.05) is 54.8 Å². The second-order valence-corrected chi connectivity index (χ2v) is 5.95. The van der Waals surface area contributed by atoms with Crippen LogP contribution in [0, 0.1) is 13.8 Å². The van der Waals surface area contributed by atoms with Gasteiger partial charge in [-0.2, -0.15) is 0 Å². The SMILES string of the molecule is Cc1cc(C(=O)N2CCCC2C(=O)O)c(C)n1-c1ccccc1. The second-order valence-electron chi connectivity index (χ2n) is 5.95. The number of hydrogen-bond acceptors (Lipinski definition) is 2. The summed E-state index contributed by atoms with van der Waals surface area (Å²) in [5.41, 5.74) is 3.38. The zero-order valence-electron chi connectivity index (χ0n) is 13.3. The molecule has 5 heteroatoms. The largest absolute Gasteiger partial charge is 0.480 e. The van der Waals surface area contributed by atoms with Crippen LogP contribution in [0.5, 0.6) is 0 Å². The number of benzene rings is 1. The first-order chi connectivity index (χ1) is 11.0. The van der Waals surface area contributed by atoms with Gasteiger partial charge in [0, 0.05) is 23.6 Å². The zero-order valence-corrected chi connectivity index (χ0v) is 13.3. The molecular formula is C18H20N2O3. The highest BCUT2D eigenvalue weighted by molar-refractivity contribution is 5.98.